The summed E-state index contributed by atoms with van der Waals surface area (Å²) in [6.45, 7) is 6.49. The van der Waals surface area contributed by atoms with Crippen LogP contribution in [0.4, 0.5) is 0 Å². The minimum atomic E-state index is -1.55. The molecular weight excluding hydrogens is 392 g/mol. The Hall–Kier alpha value is -1.47. The zero-order chi connectivity index (χ0) is 21.3. The number of fused-ring (bicyclic) bond motifs is 3. The van der Waals surface area contributed by atoms with Gasteiger partial charge < -0.3 is 14.6 Å². The summed E-state index contributed by atoms with van der Waals surface area (Å²) in [5, 5.41) is 11.8. The molecule has 0 spiro atoms. The molecule has 1 N–H and O–H groups in total. The van der Waals surface area contributed by atoms with Crippen molar-refractivity contribution in [2.75, 3.05) is 45.9 Å². The van der Waals surface area contributed by atoms with Gasteiger partial charge in [0.05, 0.1) is 19.3 Å². The first kappa shape index (κ1) is 21.4. The van der Waals surface area contributed by atoms with Gasteiger partial charge in [0.15, 0.2) is 5.60 Å². The lowest BCUT2D eigenvalue weighted by Crippen LogP contribution is -2.63. The van der Waals surface area contributed by atoms with E-state index in [-0.39, 0.29) is 18.1 Å². The molecule has 1 aromatic rings. The first-order valence-corrected chi connectivity index (χ1v) is 12.2. The fraction of sp³-hybridized carbons (Fsp3) is 0.720. The number of benzene rings is 1. The van der Waals surface area contributed by atoms with Crippen molar-refractivity contribution in [1.29, 1.82) is 0 Å². The zero-order valence-corrected chi connectivity index (χ0v) is 18.5. The Kier molecular flexibility index (Phi) is 6.33. The second-order valence-electron chi connectivity index (χ2n) is 9.84. The molecule has 0 amide bonds. The Balaban J connectivity index is 1.38. The van der Waals surface area contributed by atoms with Crippen LogP contribution in [0.15, 0.2) is 30.3 Å². The number of esters is 1. The quantitative estimate of drug-likeness (QED) is 0.702. The molecule has 1 saturated carbocycles. The van der Waals surface area contributed by atoms with Gasteiger partial charge in [0.1, 0.15) is 6.10 Å². The van der Waals surface area contributed by atoms with Gasteiger partial charge >= 0.3 is 5.97 Å². The highest BCUT2D eigenvalue weighted by Gasteiger charge is 2.51. The van der Waals surface area contributed by atoms with Crippen LogP contribution in [0.25, 0.3) is 0 Å². The number of carbonyl (C=O) groups excluding carboxylic acids is 1. The van der Waals surface area contributed by atoms with Crippen molar-refractivity contribution in [2.24, 2.45) is 11.8 Å². The maximum Gasteiger partial charge on any atom is 0.343 e. The van der Waals surface area contributed by atoms with Crippen LogP contribution >= 0.6 is 0 Å². The van der Waals surface area contributed by atoms with Crippen molar-refractivity contribution < 1.29 is 19.4 Å². The van der Waals surface area contributed by atoms with E-state index < -0.39 is 11.6 Å². The maximum atomic E-state index is 13.7. The fourth-order valence-electron chi connectivity index (χ4n) is 6.31. The number of ether oxygens (including phenoxy) is 2. The highest BCUT2D eigenvalue weighted by Crippen LogP contribution is 2.43. The number of hydrogen-bond donors (Lipinski definition) is 1. The predicted molar refractivity (Wildman–Crippen MR) is 118 cm³/mol. The van der Waals surface area contributed by atoms with Crippen molar-refractivity contribution in [3.05, 3.63) is 35.9 Å². The van der Waals surface area contributed by atoms with Gasteiger partial charge in [-0.2, -0.15) is 0 Å². The molecule has 0 aromatic heterocycles. The summed E-state index contributed by atoms with van der Waals surface area (Å²) < 4.78 is 11.8. The van der Waals surface area contributed by atoms with Gasteiger partial charge in [0, 0.05) is 25.6 Å². The number of aliphatic hydroxyl groups is 1. The average Bonchev–Trinajstić information content (AvgIpc) is 3.37. The molecule has 0 unspecified atom stereocenters. The van der Waals surface area contributed by atoms with Gasteiger partial charge in [-0.1, -0.05) is 43.2 Å². The molecule has 3 atom stereocenters. The second kappa shape index (κ2) is 9.18. The number of hydrogen-bond acceptors (Lipinski definition) is 6. The highest BCUT2D eigenvalue weighted by molar-refractivity contribution is 5.82. The SMILES string of the molecule is O=C(O[C@@H]1C2CCN(CC2)[C@@H]1CN1CCOCC1)[C@@](O)(c1ccccc1)C1CCCC1. The molecule has 6 rings (SSSR count). The van der Waals surface area contributed by atoms with E-state index in [4.69, 9.17) is 9.47 Å². The van der Waals surface area contributed by atoms with Crippen LogP contribution in [0, 0.1) is 11.8 Å². The molecule has 6 heteroatoms. The number of rotatable bonds is 6. The van der Waals surface area contributed by atoms with Crippen LogP contribution in [0.1, 0.15) is 44.1 Å². The van der Waals surface area contributed by atoms with Crippen molar-refractivity contribution in [3.8, 4) is 0 Å². The molecule has 4 saturated heterocycles. The minimum absolute atomic E-state index is 0.0684. The lowest BCUT2D eigenvalue weighted by atomic mass is 9.78. The summed E-state index contributed by atoms with van der Waals surface area (Å²) in [5.74, 6) is -0.110. The summed E-state index contributed by atoms with van der Waals surface area (Å²) in [6.07, 6.45) is 5.87. The smallest absolute Gasteiger partial charge is 0.343 e. The molecule has 1 aliphatic carbocycles. The minimum Gasteiger partial charge on any atom is -0.458 e. The molecular formula is C25H36N2O4. The number of carbonyl (C=O) groups is 1. The predicted octanol–water partition coefficient (Wildman–Crippen LogP) is 2.40. The van der Waals surface area contributed by atoms with Gasteiger partial charge in [-0.25, -0.2) is 4.79 Å². The number of piperidine rings is 3. The van der Waals surface area contributed by atoms with Crippen LogP contribution in [0.5, 0.6) is 0 Å². The third-order valence-corrected chi connectivity index (χ3v) is 8.15. The van der Waals surface area contributed by atoms with Gasteiger partial charge in [-0.3, -0.25) is 9.80 Å². The van der Waals surface area contributed by atoms with Crippen LogP contribution in [0.2, 0.25) is 0 Å². The number of nitrogens with zero attached hydrogens (tertiary/aromatic N) is 2. The lowest BCUT2D eigenvalue weighted by Gasteiger charge is -2.52. The molecule has 5 aliphatic rings. The molecule has 4 aliphatic heterocycles. The Bertz CT molecular complexity index is 739. The van der Waals surface area contributed by atoms with Crippen LogP contribution in [0.3, 0.4) is 0 Å². The summed E-state index contributed by atoms with van der Waals surface area (Å²) in [5.41, 5.74) is -0.870. The zero-order valence-electron chi connectivity index (χ0n) is 18.5. The van der Waals surface area contributed by atoms with Crippen molar-refractivity contribution in [3.63, 3.8) is 0 Å². The Morgan fingerprint density at radius 2 is 1.71 bits per heavy atom. The van der Waals surface area contributed by atoms with Crippen molar-refractivity contribution >= 4 is 5.97 Å². The van der Waals surface area contributed by atoms with E-state index in [2.05, 4.69) is 9.80 Å². The molecule has 0 radical (unpaired) electrons. The number of morpholine rings is 1. The molecule has 6 nitrogen and oxygen atoms in total. The first-order chi connectivity index (χ1) is 15.2. The third kappa shape index (κ3) is 4.15. The van der Waals surface area contributed by atoms with E-state index in [9.17, 15) is 9.90 Å². The monoisotopic (exact) mass is 428 g/mol. The van der Waals surface area contributed by atoms with Crippen molar-refractivity contribution in [1.82, 2.24) is 9.80 Å². The summed E-state index contributed by atoms with van der Waals surface area (Å²) in [7, 11) is 0. The fourth-order valence-corrected chi connectivity index (χ4v) is 6.31. The molecule has 170 valence electrons. The maximum absolute atomic E-state index is 13.7. The van der Waals surface area contributed by atoms with E-state index in [0.717, 1.165) is 84.5 Å². The summed E-state index contributed by atoms with van der Waals surface area (Å²) >= 11 is 0. The standard InChI is InChI=1S/C25H36N2O4/c28-24(25(29,21-8-4-5-9-21)20-6-2-1-3-7-20)31-23-19-10-12-27(13-11-19)22(23)18-26-14-16-30-17-15-26/h1-3,6-7,19,21-23,29H,4-5,8-18H2/t22-,23-,25-/m1/s1. The molecule has 1 aromatic carbocycles. The molecule has 4 heterocycles. The van der Waals surface area contributed by atoms with E-state index in [0.29, 0.717) is 11.5 Å². The van der Waals surface area contributed by atoms with E-state index >= 15 is 0 Å². The topological polar surface area (TPSA) is 62.2 Å². The van der Waals surface area contributed by atoms with E-state index in [1.165, 1.54) is 0 Å². The summed E-state index contributed by atoms with van der Waals surface area (Å²) in [4.78, 5) is 18.7. The Labute approximate surface area is 185 Å². The average molecular weight is 429 g/mol. The Morgan fingerprint density at radius 3 is 2.39 bits per heavy atom. The van der Waals surface area contributed by atoms with Crippen LogP contribution in [-0.4, -0.2) is 79.0 Å². The molecule has 2 bridgehead atoms. The van der Waals surface area contributed by atoms with Crippen molar-refractivity contribution in [2.45, 2.75) is 56.3 Å². The molecule has 31 heavy (non-hydrogen) atoms. The van der Waals surface area contributed by atoms with Crippen LogP contribution < -0.4 is 0 Å². The molecule has 5 fully saturated rings. The third-order valence-electron chi connectivity index (χ3n) is 8.15. The van der Waals surface area contributed by atoms with Gasteiger partial charge in [-0.05, 0) is 50.3 Å². The second-order valence-corrected chi connectivity index (χ2v) is 9.84. The largest absolute Gasteiger partial charge is 0.458 e. The Morgan fingerprint density at radius 1 is 1.03 bits per heavy atom. The van der Waals surface area contributed by atoms with E-state index in [1.54, 1.807) is 0 Å². The van der Waals surface area contributed by atoms with Crippen LogP contribution in [-0.2, 0) is 19.9 Å². The normalized spacial score (nSPS) is 33.8. The van der Waals surface area contributed by atoms with Gasteiger partial charge in [-0.15, -0.1) is 0 Å². The summed E-state index contributed by atoms with van der Waals surface area (Å²) in [6, 6.07) is 9.69. The van der Waals surface area contributed by atoms with E-state index in [1.807, 2.05) is 30.3 Å². The first-order valence-electron chi connectivity index (χ1n) is 12.2. The highest BCUT2D eigenvalue weighted by atomic mass is 16.6. The van der Waals surface area contributed by atoms with Gasteiger partial charge in [0.2, 0.25) is 0 Å². The lowest BCUT2D eigenvalue weighted by molar-refractivity contribution is -0.195. The van der Waals surface area contributed by atoms with Gasteiger partial charge in [0.25, 0.3) is 0 Å².